The summed E-state index contributed by atoms with van der Waals surface area (Å²) in [4.78, 5) is 17.8. The third kappa shape index (κ3) is 4.77. The number of hydrogen-bond acceptors (Lipinski definition) is 4. The van der Waals surface area contributed by atoms with Gasteiger partial charge in [-0.1, -0.05) is 35.9 Å². The molecule has 0 aliphatic carbocycles. The second kappa shape index (κ2) is 9.65. The molecule has 2 aromatic rings. The third-order valence-electron chi connectivity index (χ3n) is 7.69. The van der Waals surface area contributed by atoms with Crippen molar-refractivity contribution in [2.24, 2.45) is 5.41 Å². The Morgan fingerprint density at radius 3 is 2.58 bits per heavy atom. The molecule has 2 aromatic carbocycles. The fraction of sp³-hybridized carbons (Fsp3) is 0.519. The van der Waals surface area contributed by atoms with Gasteiger partial charge >= 0.3 is 0 Å². The van der Waals surface area contributed by atoms with E-state index in [2.05, 4.69) is 24.0 Å². The fourth-order valence-electron chi connectivity index (χ4n) is 5.64. The smallest absolute Gasteiger partial charge is 0.254 e. The largest absolute Gasteiger partial charge is 0.378 e. The van der Waals surface area contributed by atoms with Crippen molar-refractivity contribution in [3.63, 3.8) is 0 Å². The number of halogens is 1. The highest BCUT2D eigenvalue weighted by Gasteiger charge is 2.43. The molecule has 3 heterocycles. The first kappa shape index (κ1) is 22.7. The minimum Gasteiger partial charge on any atom is -0.378 e. The van der Waals surface area contributed by atoms with E-state index in [0.29, 0.717) is 0 Å². The fourth-order valence-corrected chi connectivity index (χ4v) is 5.85. The summed E-state index contributed by atoms with van der Waals surface area (Å²) in [5.41, 5.74) is 4.41. The Balaban J connectivity index is 1.21. The number of ether oxygens (including phenoxy) is 2. The van der Waals surface area contributed by atoms with Crippen molar-refractivity contribution in [1.82, 2.24) is 4.90 Å². The van der Waals surface area contributed by atoms with Gasteiger partial charge in [0.15, 0.2) is 0 Å². The maximum Gasteiger partial charge on any atom is 0.254 e. The summed E-state index contributed by atoms with van der Waals surface area (Å²) in [5.74, 6) is 0.156. The summed E-state index contributed by atoms with van der Waals surface area (Å²) in [5, 5.41) is 0.817. The third-order valence-corrected chi connectivity index (χ3v) is 8.06. The molecule has 6 heteroatoms. The second-order valence-corrected chi connectivity index (χ2v) is 10.2. The zero-order valence-electron chi connectivity index (χ0n) is 19.4. The zero-order chi connectivity index (χ0) is 22.8. The normalized spacial score (nSPS) is 22.7. The monoisotopic (exact) mass is 468 g/mol. The van der Waals surface area contributed by atoms with Crippen molar-refractivity contribution in [3.8, 4) is 0 Å². The van der Waals surface area contributed by atoms with E-state index >= 15 is 0 Å². The van der Waals surface area contributed by atoms with Gasteiger partial charge in [-0.05, 0) is 60.9 Å². The van der Waals surface area contributed by atoms with Crippen LogP contribution in [0.4, 0.5) is 5.69 Å². The molecule has 0 unspecified atom stereocenters. The predicted molar refractivity (Wildman–Crippen MR) is 131 cm³/mol. The van der Waals surface area contributed by atoms with E-state index in [-0.39, 0.29) is 17.4 Å². The first-order valence-corrected chi connectivity index (χ1v) is 12.5. The van der Waals surface area contributed by atoms with Gasteiger partial charge in [-0.25, -0.2) is 0 Å². The zero-order valence-corrected chi connectivity index (χ0v) is 20.2. The van der Waals surface area contributed by atoms with Crippen molar-refractivity contribution in [2.75, 3.05) is 50.9 Å². The van der Waals surface area contributed by atoms with E-state index in [4.69, 9.17) is 21.1 Å². The molecular weight excluding hydrogens is 436 g/mol. The van der Waals surface area contributed by atoms with Crippen molar-refractivity contribution in [2.45, 2.75) is 38.7 Å². The maximum atomic E-state index is 13.4. The molecule has 1 atom stereocenters. The number of amides is 1. The predicted octanol–water partition coefficient (Wildman–Crippen LogP) is 4.74. The SMILES string of the molecule is Cc1c(C(=O)N2CCC3(CC2)CO[C@@H](Cc2ccccc2Cl)C3)cccc1N1CCOCC1. The van der Waals surface area contributed by atoms with Crippen LogP contribution in [-0.4, -0.2) is 62.9 Å². The molecule has 0 N–H and O–H groups in total. The van der Waals surface area contributed by atoms with Gasteiger partial charge in [-0.3, -0.25) is 4.79 Å². The summed E-state index contributed by atoms with van der Waals surface area (Å²) in [6.45, 7) is 7.69. The summed E-state index contributed by atoms with van der Waals surface area (Å²) in [7, 11) is 0. The molecule has 3 aliphatic rings. The van der Waals surface area contributed by atoms with Crippen LogP contribution in [0.15, 0.2) is 42.5 Å². The lowest BCUT2D eigenvalue weighted by molar-refractivity contribution is 0.0496. The summed E-state index contributed by atoms with van der Waals surface area (Å²) < 4.78 is 11.7. The number of benzene rings is 2. The molecule has 5 rings (SSSR count). The Bertz CT molecular complexity index is 997. The van der Waals surface area contributed by atoms with Crippen LogP contribution in [-0.2, 0) is 15.9 Å². The number of rotatable bonds is 4. The number of morpholine rings is 1. The molecule has 1 spiro atoms. The lowest BCUT2D eigenvalue weighted by Crippen LogP contribution is -2.44. The Hall–Kier alpha value is -2.08. The number of anilines is 1. The second-order valence-electron chi connectivity index (χ2n) is 9.77. The van der Waals surface area contributed by atoms with E-state index < -0.39 is 0 Å². The highest BCUT2D eigenvalue weighted by atomic mass is 35.5. The molecule has 0 saturated carbocycles. The number of piperidine rings is 1. The minimum absolute atomic E-state index is 0.156. The van der Waals surface area contributed by atoms with E-state index in [1.165, 1.54) is 0 Å². The van der Waals surface area contributed by atoms with E-state index in [0.717, 1.165) is 99.1 Å². The average Bonchev–Trinajstić information content (AvgIpc) is 3.23. The Kier molecular flexibility index (Phi) is 6.64. The number of nitrogens with zero attached hydrogens (tertiary/aromatic N) is 2. The van der Waals surface area contributed by atoms with Crippen molar-refractivity contribution in [1.29, 1.82) is 0 Å². The standard InChI is InChI=1S/C27H33ClN2O3/c1-20-23(6-4-8-25(20)29-13-15-32-16-14-29)26(31)30-11-9-27(10-12-30)18-22(33-19-27)17-21-5-2-3-7-24(21)28/h2-8,22H,9-19H2,1H3/t22-/m0/s1. The van der Waals surface area contributed by atoms with Crippen LogP contribution in [0.5, 0.6) is 0 Å². The number of hydrogen-bond donors (Lipinski definition) is 0. The topological polar surface area (TPSA) is 42.0 Å². The quantitative estimate of drug-likeness (QED) is 0.650. The maximum absolute atomic E-state index is 13.4. The molecule has 0 bridgehead atoms. The number of likely N-dealkylation sites (tertiary alicyclic amines) is 1. The van der Waals surface area contributed by atoms with Gasteiger partial charge in [-0.2, -0.15) is 0 Å². The lowest BCUT2D eigenvalue weighted by Gasteiger charge is -2.39. The lowest BCUT2D eigenvalue weighted by atomic mass is 9.76. The van der Waals surface area contributed by atoms with Crippen molar-refractivity contribution in [3.05, 3.63) is 64.2 Å². The Morgan fingerprint density at radius 2 is 1.82 bits per heavy atom. The first-order valence-electron chi connectivity index (χ1n) is 12.1. The van der Waals surface area contributed by atoms with Gasteiger partial charge in [0.05, 0.1) is 25.9 Å². The molecule has 3 fully saturated rings. The van der Waals surface area contributed by atoms with Crippen LogP contribution in [0.2, 0.25) is 5.02 Å². The highest BCUT2D eigenvalue weighted by molar-refractivity contribution is 6.31. The van der Waals surface area contributed by atoms with Gasteiger partial charge in [0.25, 0.3) is 5.91 Å². The van der Waals surface area contributed by atoms with Gasteiger partial charge in [0.2, 0.25) is 0 Å². The van der Waals surface area contributed by atoms with Crippen LogP contribution < -0.4 is 4.90 Å². The molecule has 1 amide bonds. The summed E-state index contributed by atoms with van der Waals surface area (Å²) in [6.07, 6.45) is 4.11. The Labute approximate surface area is 201 Å². The van der Waals surface area contributed by atoms with E-state index in [1.54, 1.807) is 0 Å². The van der Waals surface area contributed by atoms with Crippen LogP contribution in [0.1, 0.15) is 40.7 Å². The molecule has 0 radical (unpaired) electrons. The van der Waals surface area contributed by atoms with Gasteiger partial charge in [0, 0.05) is 48.9 Å². The van der Waals surface area contributed by atoms with E-state index in [1.807, 2.05) is 35.2 Å². The molecular formula is C27H33ClN2O3. The van der Waals surface area contributed by atoms with Crippen molar-refractivity contribution >= 4 is 23.2 Å². The molecule has 0 aromatic heterocycles. The molecule has 176 valence electrons. The van der Waals surface area contributed by atoms with Crippen LogP contribution in [0, 0.1) is 12.3 Å². The molecule has 33 heavy (non-hydrogen) atoms. The first-order chi connectivity index (χ1) is 16.0. The molecule has 5 nitrogen and oxygen atoms in total. The van der Waals surface area contributed by atoms with Crippen molar-refractivity contribution < 1.29 is 14.3 Å². The number of carbonyl (C=O) groups excluding carboxylic acids is 1. The number of carbonyl (C=O) groups is 1. The summed E-state index contributed by atoms with van der Waals surface area (Å²) in [6, 6.07) is 14.1. The Morgan fingerprint density at radius 1 is 1.06 bits per heavy atom. The van der Waals surface area contributed by atoms with E-state index in [9.17, 15) is 4.79 Å². The molecule has 3 saturated heterocycles. The minimum atomic E-state index is 0.156. The average molecular weight is 469 g/mol. The van der Waals surface area contributed by atoms with Gasteiger partial charge in [0.1, 0.15) is 0 Å². The van der Waals surface area contributed by atoms with Gasteiger partial charge in [-0.15, -0.1) is 0 Å². The van der Waals surface area contributed by atoms with Crippen LogP contribution in [0.25, 0.3) is 0 Å². The summed E-state index contributed by atoms with van der Waals surface area (Å²) >= 11 is 6.36. The van der Waals surface area contributed by atoms with Crippen LogP contribution in [0.3, 0.4) is 0 Å². The van der Waals surface area contributed by atoms with Gasteiger partial charge < -0.3 is 19.3 Å². The molecule has 3 aliphatic heterocycles. The highest BCUT2D eigenvalue weighted by Crippen LogP contribution is 2.43. The van der Waals surface area contributed by atoms with Crippen LogP contribution >= 0.6 is 11.6 Å².